The number of aromatic nitrogens is 1. The van der Waals surface area contributed by atoms with Crippen LogP contribution in [0.4, 0.5) is 0 Å². The van der Waals surface area contributed by atoms with Gasteiger partial charge in [0.2, 0.25) is 0 Å². The van der Waals surface area contributed by atoms with Crippen LogP contribution in [-0.4, -0.2) is 82.8 Å². The molecule has 0 bridgehead atoms. The van der Waals surface area contributed by atoms with Gasteiger partial charge in [0.15, 0.2) is 0 Å². The molecule has 2 aromatic rings. The van der Waals surface area contributed by atoms with Crippen LogP contribution in [0.25, 0.3) is 10.9 Å². The molecule has 3 N–H and O–H groups in total. The highest BCUT2D eigenvalue weighted by molar-refractivity contribution is 6.09. The van der Waals surface area contributed by atoms with Crippen LogP contribution in [0.15, 0.2) is 24.4 Å². The number of carbonyl (C=O) groups is 2. The predicted molar refractivity (Wildman–Crippen MR) is 121 cm³/mol. The third kappa shape index (κ3) is 3.86. The molecule has 0 radical (unpaired) electrons. The number of nitrogens with one attached hydrogen (secondary N) is 1. The minimum atomic E-state index is -0.250. The summed E-state index contributed by atoms with van der Waals surface area (Å²) in [5.41, 5.74) is 1.96. The molecule has 3 heterocycles. The Kier molecular flexibility index (Phi) is 6.71. The van der Waals surface area contributed by atoms with E-state index in [-0.39, 0.29) is 19.0 Å². The maximum atomic E-state index is 13.3. The number of hydrogen-bond donors (Lipinski definition) is 3. The summed E-state index contributed by atoms with van der Waals surface area (Å²) in [6.45, 7) is 2.78. The quantitative estimate of drug-likeness (QED) is 0.628. The molecule has 3 aliphatic rings. The van der Waals surface area contributed by atoms with Gasteiger partial charge in [0.05, 0.1) is 24.7 Å². The lowest BCUT2D eigenvalue weighted by Crippen LogP contribution is -2.60. The summed E-state index contributed by atoms with van der Waals surface area (Å²) in [5.74, 6) is 0.839. The second-order valence-corrected chi connectivity index (χ2v) is 9.12. The molecule has 2 unspecified atom stereocenters. The van der Waals surface area contributed by atoms with Gasteiger partial charge in [0.1, 0.15) is 5.75 Å². The summed E-state index contributed by atoms with van der Waals surface area (Å²) >= 11 is 0. The first kappa shape index (κ1) is 22.6. The maximum Gasteiger partial charge on any atom is 0.290 e. The highest BCUT2D eigenvalue weighted by atomic mass is 16.5. The molecule has 32 heavy (non-hydrogen) atoms. The number of likely N-dealkylation sites (tertiary alicyclic amines) is 2. The second-order valence-electron chi connectivity index (χ2n) is 9.12. The Morgan fingerprint density at radius 2 is 2.00 bits per heavy atom. The molecular formula is C24H33N3O5. The number of amides is 1. The van der Waals surface area contributed by atoms with E-state index in [0.29, 0.717) is 23.1 Å². The normalized spacial score (nSPS) is 24.6. The van der Waals surface area contributed by atoms with E-state index in [1.165, 1.54) is 19.3 Å². The summed E-state index contributed by atoms with van der Waals surface area (Å²) in [5, 5.41) is 17.4. The fourth-order valence-electron chi connectivity index (χ4n) is 6.10. The first-order valence-electron chi connectivity index (χ1n) is 11.5. The van der Waals surface area contributed by atoms with E-state index in [4.69, 9.17) is 14.6 Å². The minimum Gasteiger partial charge on any atom is -0.496 e. The Labute approximate surface area is 188 Å². The van der Waals surface area contributed by atoms with Crippen molar-refractivity contribution < 1.29 is 24.5 Å². The molecule has 5 rings (SSSR count). The zero-order valence-corrected chi connectivity index (χ0v) is 18.6. The van der Waals surface area contributed by atoms with Gasteiger partial charge in [-0.05, 0) is 49.7 Å². The Bertz CT molecular complexity index is 948. The second kappa shape index (κ2) is 9.50. The number of piperidine rings is 1. The Hall–Kier alpha value is -2.58. The number of nitrogens with zero attached hydrogens (tertiary/aromatic N) is 2. The van der Waals surface area contributed by atoms with E-state index in [0.717, 1.165) is 55.5 Å². The van der Waals surface area contributed by atoms with E-state index in [1.807, 2.05) is 29.3 Å². The van der Waals surface area contributed by atoms with Gasteiger partial charge in [-0.25, -0.2) is 0 Å². The van der Waals surface area contributed by atoms with Gasteiger partial charge in [-0.2, -0.15) is 0 Å². The Morgan fingerprint density at radius 1 is 1.25 bits per heavy atom. The largest absolute Gasteiger partial charge is 0.496 e. The molecule has 2 aliphatic heterocycles. The molecule has 2 saturated heterocycles. The zero-order chi connectivity index (χ0) is 22.7. The number of aromatic amines is 1. The van der Waals surface area contributed by atoms with E-state index in [1.54, 1.807) is 7.11 Å². The standard InChI is InChI=1S/C23H31N3O3.CH2O2/c1-29-19-5-2-4-18-21(19)17(14-24-18)22(28)25-12-9-23(10-13-25)8-3-6-20(23)26-11-7-16(26)15-27;2-1-3/h2,4-5,14,16,20,24,27H,3,6-13,15H2,1H3;1H,(H,2,3). The summed E-state index contributed by atoms with van der Waals surface area (Å²) < 4.78 is 5.50. The molecule has 1 spiro atoms. The Morgan fingerprint density at radius 3 is 2.62 bits per heavy atom. The Balaban J connectivity index is 0.000000775. The lowest BCUT2D eigenvalue weighted by molar-refractivity contribution is -0.122. The number of aliphatic hydroxyl groups excluding tert-OH is 1. The summed E-state index contributed by atoms with van der Waals surface area (Å²) in [6.07, 6.45) is 8.85. The number of H-pyrrole nitrogens is 1. The van der Waals surface area contributed by atoms with Gasteiger partial charge in [-0.15, -0.1) is 0 Å². The van der Waals surface area contributed by atoms with Crippen LogP contribution in [0.2, 0.25) is 0 Å². The summed E-state index contributed by atoms with van der Waals surface area (Å²) in [7, 11) is 1.65. The van der Waals surface area contributed by atoms with Crippen LogP contribution < -0.4 is 4.74 Å². The molecule has 1 saturated carbocycles. The van der Waals surface area contributed by atoms with Gasteiger partial charge in [-0.1, -0.05) is 12.5 Å². The van der Waals surface area contributed by atoms with E-state index in [9.17, 15) is 9.90 Å². The summed E-state index contributed by atoms with van der Waals surface area (Å²) in [4.78, 5) is 29.5. The third-order valence-electron chi connectivity index (χ3n) is 7.82. The fourth-order valence-corrected chi connectivity index (χ4v) is 6.10. The predicted octanol–water partition coefficient (Wildman–Crippen LogP) is 2.72. The SMILES string of the molecule is COc1cccc2[nH]cc(C(=O)N3CCC4(CCCC4N4CCC4CO)CC3)c12.O=CO. The molecule has 1 aliphatic carbocycles. The maximum absolute atomic E-state index is 13.3. The number of hydrogen-bond acceptors (Lipinski definition) is 5. The fraction of sp³-hybridized carbons (Fsp3) is 0.583. The van der Waals surface area contributed by atoms with Crippen LogP contribution in [0, 0.1) is 5.41 Å². The van der Waals surface area contributed by atoms with E-state index in [2.05, 4.69) is 9.88 Å². The number of ether oxygens (including phenoxy) is 1. The average Bonchev–Trinajstić information content (AvgIpc) is 3.39. The van der Waals surface area contributed by atoms with Crippen molar-refractivity contribution >= 4 is 23.3 Å². The molecule has 1 aromatic carbocycles. The van der Waals surface area contributed by atoms with E-state index < -0.39 is 0 Å². The zero-order valence-electron chi connectivity index (χ0n) is 18.6. The molecule has 174 valence electrons. The number of carbonyl (C=O) groups excluding carboxylic acids is 1. The summed E-state index contributed by atoms with van der Waals surface area (Å²) in [6, 6.07) is 6.76. The van der Waals surface area contributed by atoms with E-state index >= 15 is 0 Å². The van der Waals surface area contributed by atoms with Crippen LogP contribution in [-0.2, 0) is 4.79 Å². The smallest absolute Gasteiger partial charge is 0.290 e. The van der Waals surface area contributed by atoms with Gasteiger partial charge < -0.3 is 24.8 Å². The van der Waals surface area contributed by atoms with Crippen molar-refractivity contribution in [2.45, 2.75) is 50.6 Å². The number of rotatable bonds is 4. The van der Waals surface area contributed by atoms with Gasteiger partial charge in [0, 0.05) is 43.4 Å². The average molecular weight is 444 g/mol. The van der Waals surface area contributed by atoms with Crippen molar-refractivity contribution in [1.82, 2.24) is 14.8 Å². The topological polar surface area (TPSA) is 106 Å². The highest BCUT2D eigenvalue weighted by Crippen LogP contribution is 2.50. The molecule has 2 atom stereocenters. The van der Waals surface area contributed by atoms with Gasteiger partial charge in [0.25, 0.3) is 12.4 Å². The first-order valence-corrected chi connectivity index (χ1v) is 11.5. The molecule has 1 amide bonds. The van der Waals surface area contributed by atoms with Crippen LogP contribution in [0.1, 0.15) is 48.9 Å². The van der Waals surface area contributed by atoms with Crippen molar-refractivity contribution in [2.75, 3.05) is 33.4 Å². The molecule has 8 heteroatoms. The van der Waals surface area contributed by atoms with Crippen LogP contribution in [0.5, 0.6) is 5.75 Å². The number of aliphatic hydroxyl groups is 1. The molecular weight excluding hydrogens is 410 g/mol. The lowest BCUT2D eigenvalue weighted by atomic mass is 9.72. The van der Waals surface area contributed by atoms with Crippen molar-refractivity contribution in [2.24, 2.45) is 5.41 Å². The third-order valence-corrected chi connectivity index (χ3v) is 7.82. The number of carboxylic acid groups (broad SMARTS) is 1. The number of methoxy groups -OCH3 is 1. The van der Waals surface area contributed by atoms with Crippen molar-refractivity contribution in [3.05, 3.63) is 30.0 Å². The number of fused-ring (bicyclic) bond motifs is 1. The molecule has 3 fully saturated rings. The van der Waals surface area contributed by atoms with Gasteiger partial charge >= 0.3 is 0 Å². The van der Waals surface area contributed by atoms with Crippen LogP contribution in [0.3, 0.4) is 0 Å². The molecule has 1 aromatic heterocycles. The first-order chi connectivity index (χ1) is 15.6. The van der Waals surface area contributed by atoms with Crippen molar-refractivity contribution in [3.63, 3.8) is 0 Å². The highest BCUT2D eigenvalue weighted by Gasteiger charge is 2.50. The van der Waals surface area contributed by atoms with Crippen molar-refractivity contribution in [1.29, 1.82) is 0 Å². The molecule has 8 nitrogen and oxygen atoms in total. The van der Waals surface area contributed by atoms with Gasteiger partial charge in [-0.3, -0.25) is 14.5 Å². The lowest BCUT2D eigenvalue weighted by Gasteiger charge is -2.53. The minimum absolute atomic E-state index is 0.0994. The monoisotopic (exact) mass is 443 g/mol. The van der Waals surface area contributed by atoms with Crippen LogP contribution >= 0.6 is 0 Å². The number of benzene rings is 1. The van der Waals surface area contributed by atoms with Crippen molar-refractivity contribution in [3.8, 4) is 5.75 Å².